The number of nitrogens with zero attached hydrogens (tertiary/aromatic N) is 1. The number of hydrogen-bond acceptors (Lipinski definition) is 5. The van der Waals surface area contributed by atoms with Gasteiger partial charge in [0.1, 0.15) is 11.8 Å². The molecule has 0 amide bonds. The molecule has 25 heavy (non-hydrogen) atoms. The summed E-state index contributed by atoms with van der Waals surface area (Å²) in [6.45, 7) is -0.279. The molecule has 0 aliphatic heterocycles. The van der Waals surface area contributed by atoms with Crippen LogP contribution in [0.1, 0.15) is 5.76 Å². The van der Waals surface area contributed by atoms with Gasteiger partial charge in [-0.05, 0) is 36.4 Å². The number of hydrogen-bond donors (Lipinski definition) is 0. The second-order valence-corrected chi connectivity index (χ2v) is 7.84. The lowest BCUT2D eigenvalue weighted by Crippen LogP contribution is -2.47. The predicted octanol–water partition coefficient (Wildman–Crippen LogP) is 2.45. The highest BCUT2D eigenvalue weighted by Crippen LogP contribution is 2.23. The van der Waals surface area contributed by atoms with Gasteiger partial charge in [-0.2, -0.15) is 4.31 Å². The molecule has 1 aromatic carbocycles. The third-order valence-electron chi connectivity index (χ3n) is 3.46. The van der Waals surface area contributed by atoms with Gasteiger partial charge in [0.15, 0.2) is 0 Å². The van der Waals surface area contributed by atoms with Gasteiger partial charge in [0.25, 0.3) is 0 Å². The van der Waals surface area contributed by atoms with Crippen molar-refractivity contribution in [2.24, 2.45) is 0 Å². The van der Waals surface area contributed by atoms with Gasteiger partial charge < -0.3 is 9.15 Å². The fourth-order valence-electron chi connectivity index (χ4n) is 2.25. The molecule has 2 aromatic rings. The van der Waals surface area contributed by atoms with Gasteiger partial charge in [-0.1, -0.05) is 21.9 Å². The van der Waals surface area contributed by atoms with E-state index in [-0.39, 0.29) is 17.9 Å². The third kappa shape index (κ3) is 4.51. The first-order valence-electron chi connectivity index (χ1n) is 7.21. The van der Waals surface area contributed by atoms with Gasteiger partial charge in [-0.3, -0.25) is 4.79 Å². The van der Waals surface area contributed by atoms with Crippen LogP contribution in [-0.4, -0.2) is 38.4 Å². The van der Waals surface area contributed by atoms with Gasteiger partial charge in [0, 0.05) is 10.9 Å². The molecular formula is C17H16BrNO5S. The Morgan fingerprint density at radius 2 is 2.04 bits per heavy atom. The van der Waals surface area contributed by atoms with E-state index in [4.69, 9.17) is 15.6 Å². The maximum absolute atomic E-state index is 13.0. The number of terminal acetylenes is 1. The summed E-state index contributed by atoms with van der Waals surface area (Å²) >= 11 is 3.26. The van der Waals surface area contributed by atoms with Gasteiger partial charge in [-0.15, -0.1) is 6.42 Å². The van der Waals surface area contributed by atoms with Crippen molar-refractivity contribution in [1.82, 2.24) is 4.31 Å². The molecule has 0 fully saturated rings. The van der Waals surface area contributed by atoms with E-state index in [1.54, 1.807) is 24.3 Å². The molecule has 2 rings (SSSR count). The van der Waals surface area contributed by atoms with E-state index >= 15 is 0 Å². The summed E-state index contributed by atoms with van der Waals surface area (Å²) in [6.07, 6.45) is 6.80. The van der Waals surface area contributed by atoms with Crippen LogP contribution in [0.3, 0.4) is 0 Å². The molecule has 1 heterocycles. The van der Waals surface area contributed by atoms with E-state index in [1.807, 2.05) is 0 Å². The van der Waals surface area contributed by atoms with Crippen LogP contribution in [0.5, 0.6) is 0 Å². The first-order chi connectivity index (χ1) is 11.9. The maximum atomic E-state index is 13.0. The van der Waals surface area contributed by atoms with Crippen LogP contribution in [0.2, 0.25) is 0 Å². The molecular weight excluding hydrogens is 410 g/mol. The minimum atomic E-state index is -4.01. The highest BCUT2D eigenvalue weighted by molar-refractivity contribution is 9.10. The predicted molar refractivity (Wildman–Crippen MR) is 95.1 cm³/mol. The van der Waals surface area contributed by atoms with Gasteiger partial charge in [0.2, 0.25) is 10.0 Å². The normalized spacial score (nSPS) is 12.6. The fraction of sp³-hybridized carbons (Fsp3) is 0.235. The average Bonchev–Trinajstić information content (AvgIpc) is 3.10. The first kappa shape index (κ1) is 19.2. The summed E-state index contributed by atoms with van der Waals surface area (Å²) in [4.78, 5) is 12.3. The van der Waals surface area contributed by atoms with E-state index in [1.165, 1.54) is 25.5 Å². The minimum Gasteiger partial charge on any atom is -0.469 e. The quantitative estimate of drug-likeness (QED) is 0.502. The second kappa shape index (κ2) is 8.34. The Morgan fingerprint density at radius 1 is 1.36 bits per heavy atom. The smallest absolute Gasteiger partial charge is 0.324 e. The van der Waals surface area contributed by atoms with Crippen LogP contribution in [0.25, 0.3) is 0 Å². The van der Waals surface area contributed by atoms with Crippen molar-refractivity contribution in [1.29, 1.82) is 0 Å². The van der Waals surface area contributed by atoms with Gasteiger partial charge in [-0.25, -0.2) is 8.42 Å². The molecule has 132 valence electrons. The lowest BCUT2D eigenvalue weighted by Gasteiger charge is -2.27. The molecule has 0 saturated heterocycles. The second-order valence-electron chi connectivity index (χ2n) is 5.03. The molecule has 0 aliphatic rings. The average molecular weight is 426 g/mol. The summed E-state index contributed by atoms with van der Waals surface area (Å²) in [7, 11) is -2.82. The van der Waals surface area contributed by atoms with Crippen molar-refractivity contribution in [3.05, 3.63) is 52.9 Å². The number of ether oxygens (including phenoxy) is 1. The highest BCUT2D eigenvalue weighted by Gasteiger charge is 2.37. The highest BCUT2D eigenvalue weighted by atomic mass is 79.9. The zero-order valence-electron chi connectivity index (χ0n) is 13.4. The molecule has 0 spiro atoms. The first-order valence-corrected chi connectivity index (χ1v) is 9.44. The molecule has 1 atom stereocenters. The van der Waals surface area contributed by atoms with Gasteiger partial charge >= 0.3 is 5.97 Å². The van der Waals surface area contributed by atoms with E-state index in [0.29, 0.717) is 5.76 Å². The number of carbonyl (C=O) groups excluding carboxylic acids is 1. The maximum Gasteiger partial charge on any atom is 0.324 e. The van der Waals surface area contributed by atoms with Crippen LogP contribution < -0.4 is 0 Å². The molecule has 6 nitrogen and oxygen atoms in total. The number of methoxy groups -OCH3 is 1. The zero-order chi connectivity index (χ0) is 18.4. The molecule has 0 aliphatic carbocycles. The van der Waals surface area contributed by atoms with Crippen molar-refractivity contribution >= 4 is 31.9 Å². The summed E-state index contributed by atoms with van der Waals surface area (Å²) < 4.78 is 37.7. The summed E-state index contributed by atoms with van der Waals surface area (Å²) in [5, 5.41) is 0. The topological polar surface area (TPSA) is 76.8 Å². The molecule has 8 heteroatoms. The van der Waals surface area contributed by atoms with Crippen molar-refractivity contribution in [2.75, 3.05) is 13.7 Å². The Kier molecular flexibility index (Phi) is 6.42. The fourth-order valence-corrected chi connectivity index (χ4v) is 4.01. The minimum absolute atomic E-state index is 0.0110. The number of furan rings is 1. The Balaban J connectivity index is 2.45. The number of benzene rings is 1. The number of halogens is 1. The monoisotopic (exact) mass is 425 g/mol. The number of sulfonamides is 1. The molecule has 0 radical (unpaired) electrons. The van der Waals surface area contributed by atoms with Crippen LogP contribution >= 0.6 is 15.9 Å². The Morgan fingerprint density at radius 3 is 2.56 bits per heavy atom. The summed E-state index contributed by atoms with van der Waals surface area (Å²) in [5.41, 5.74) is 0. The van der Waals surface area contributed by atoms with Crippen LogP contribution in [0.15, 0.2) is 56.4 Å². The van der Waals surface area contributed by atoms with Crippen LogP contribution in [0.4, 0.5) is 0 Å². The van der Waals surface area contributed by atoms with E-state index < -0.39 is 22.0 Å². The Hall–Kier alpha value is -2.08. The number of rotatable bonds is 7. The Bertz CT molecular complexity index is 853. The van der Waals surface area contributed by atoms with E-state index in [0.717, 1.165) is 8.78 Å². The molecule has 1 aromatic heterocycles. The molecule has 0 saturated carbocycles. The van der Waals surface area contributed by atoms with Crippen LogP contribution in [0, 0.1) is 12.3 Å². The molecule has 0 unspecified atom stereocenters. The lowest BCUT2D eigenvalue weighted by molar-refractivity contribution is -0.145. The molecule has 0 bridgehead atoms. The van der Waals surface area contributed by atoms with E-state index in [9.17, 15) is 13.2 Å². The largest absolute Gasteiger partial charge is 0.469 e. The van der Waals surface area contributed by atoms with Crippen molar-refractivity contribution < 1.29 is 22.4 Å². The van der Waals surface area contributed by atoms with Gasteiger partial charge in [0.05, 0.1) is 24.8 Å². The van der Waals surface area contributed by atoms with Crippen molar-refractivity contribution in [3.63, 3.8) is 0 Å². The lowest BCUT2D eigenvalue weighted by atomic mass is 10.1. The van der Waals surface area contributed by atoms with Crippen molar-refractivity contribution in [3.8, 4) is 12.3 Å². The van der Waals surface area contributed by atoms with E-state index in [2.05, 4.69) is 21.9 Å². The van der Waals surface area contributed by atoms with Crippen LogP contribution in [-0.2, 0) is 26.0 Å². The summed E-state index contributed by atoms with van der Waals surface area (Å²) in [5.74, 6) is 2.03. The SMILES string of the molecule is C#CCN([C@H](Cc1ccco1)C(=O)OC)S(=O)(=O)c1ccc(Br)cc1. The standard InChI is InChI=1S/C17H16BrNO5S/c1-3-10-19(25(21,22)15-8-6-13(18)7-9-15)16(17(20)23-2)12-14-5-4-11-24-14/h1,4-9,11,16H,10,12H2,2H3/t16-/m1/s1. The Labute approximate surface area is 154 Å². The van der Waals surface area contributed by atoms with Crippen molar-refractivity contribution in [2.45, 2.75) is 17.4 Å². The third-order valence-corrected chi connectivity index (χ3v) is 5.86. The zero-order valence-corrected chi connectivity index (χ0v) is 15.8. The molecule has 0 N–H and O–H groups in total. The number of carbonyl (C=O) groups is 1. The number of esters is 1. The summed E-state index contributed by atoms with van der Waals surface area (Å²) in [6, 6.07) is 8.23.